The molecule has 2 rings (SSSR count). The zero-order valence-electron chi connectivity index (χ0n) is 11.1. The van der Waals surface area contributed by atoms with Gasteiger partial charge in [-0.1, -0.05) is 11.6 Å². The average molecular weight is 315 g/mol. The highest BCUT2D eigenvalue weighted by molar-refractivity contribution is 7.16. The summed E-state index contributed by atoms with van der Waals surface area (Å²) < 4.78 is 5.60. The number of halogens is 1. The van der Waals surface area contributed by atoms with E-state index in [2.05, 4.69) is 20.5 Å². The Labute approximate surface area is 125 Å². The highest BCUT2D eigenvalue weighted by Crippen LogP contribution is 2.21. The van der Waals surface area contributed by atoms with Crippen LogP contribution in [0.1, 0.15) is 41.2 Å². The lowest BCUT2D eigenvalue weighted by molar-refractivity contribution is 0.0512. The van der Waals surface area contributed by atoms with E-state index in [0.29, 0.717) is 19.0 Å². The van der Waals surface area contributed by atoms with Gasteiger partial charge in [-0.05, 0) is 26.0 Å². The maximum absolute atomic E-state index is 11.5. The molecule has 0 bridgehead atoms. The molecule has 2 heterocycles. The first-order chi connectivity index (χ1) is 9.60. The number of aromatic amines is 1. The number of thiophene rings is 1. The molecular weight excluding hydrogens is 300 g/mol. The maximum atomic E-state index is 11.5. The molecule has 6 nitrogen and oxygen atoms in total. The summed E-state index contributed by atoms with van der Waals surface area (Å²) in [5.74, 6) is 0.123. The Morgan fingerprint density at radius 2 is 2.40 bits per heavy atom. The lowest BCUT2D eigenvalue weighted by Gasteiger charge is -2.09. The molecule has 8 heteroatoms. The van der Waals surface area contributed by atoms with Gasteiger partial charge in [-0.15, -0.1) is 16.4 Å². The van der Waals surface area contributed by atoms with Gasteiger partial charge in [0.15, 0.2) is 0 Å². The van der Waals surface area contributed by atoms with E-state index in [-0.39, 0.29) is 11.9 Å². The van der Waals surface area contributed by atoms with Gasteiger partial charge in [0, 0.05) is 11.4 Å². The minimum Gasteiger partial charge on any atom is -0.460 e. The van der Waals surface area contributed by atoms with Gasteiger partial charge in [-0.3, -0.25) is 5.10 Å². The van der Waals surface area contributed by atoms with Gasteiger partial charge in [-0.2, -0.15) is 0 Å². The van der Waals surface area contributed by atoms with E-state index < -0.39 is 5.97 Å². The summed E-state index contributed by atoms with van der Waals surface area (Å²) in [7, 11) is 0. The number of H-pyrrole nitrogens is 1. The van der Waals surface area contributed by atoms with Gasteiger partial charge < -0.3 is 10.1 Å². The summed E-state index contributed by atoms with van der Waals surface area (Å²) >= 11 is 7.40. The van der Waals surface area contributed by atoms with Crippen LogP contribution in [-0.2, 0) is 11.3 Å². The van der Waals surface area contributed by atoms with E-state index in [1.165, 1.54) is 11.3 Å². The molecule has 1 unspecified atom stereocenters. The van der Waals surface area contributed by atoms with Crippen molar-refractivity contribution in [1.82, 2.24) is 20.5 Å². The fraction of sp³-hybridized carbons (Fsp3) is 0.417. The smallest absolute Gasteiger partial charge is 0.378 e. The van der Waals surface area contributed by atoms with Crippen LogP contribution in [0.5, 0.6) is 0 Å². The molecule has 0 saturated heterocycles. The maximum Gasteiger partial charge on any atom is 0.378 e. The Hall–Kier alpha value is -1.44. The monoisotopic (exact) mass is 314 g/mol. The van der Waals surface area contributed by atoms with Gasteiger partial charge in [-0.25, -0.2) is 9.78 Å². The third-order valence-electron chi connectivity index (χ3n) is 2.58. The van der Waals surface area contributed by atoms with Gasteiger partial charge in [0.25, 0.3) is 5.82 Å². The standard InChI is InChI=1S/C12H15ClN4O2S/c1-3-19-12(18)11-15-10(16-17-11)7(2)14-6-8-4-5-9(13)20-8/h4-5,7,14H,3,6H2,1-2H3,(H,15,16,17). The molecule has 0 spiro atoms. The number of carbonyl (C=O) groups excluding carboxylic acids is 1. The molecule has 0 amide bonds. The van der Waals surface area contributed by atoms with Crippen molar-refractivity contribution in [2.75, 3.05) is 6.61 Å². The number of ether oxygens (including phenoxy) is 1. The summed E-state index contributed by atoms with van der Waals surface area (Å²) in [5.41, 5.74) is 0. The third-order valence-corrected chi connectivity index (χ3v) is 3.81. The molecule has 0 aliphatic rings. The van der Waals surface area contributed by atoms with Gasteiger partial charge >= 0.3 is 5.97 Å². The highest BCUT2D eigenvalue weighted by atomic mass is 35.5. The van der Waals surface area contributed by atoms with E-state index in [9.17, 15) is 4.79 Å². The summed E-state index contributed by atoms with van der Waals surface area (Å²) in [4.78, 5) is 16.7. The van der Waals surface area contributed by atoms with Crippen LogP contribution in [0, 0.1) is 0 Å². The molecule has 0 radical (unpaired) electrons. The molecule has 2 aromatic rings. The molecule has 0 saturated carbocycles. The molecule has 0 aliphatic heterocycles. The number of hydrogen-bond acceptors (Lipinski definition) is 6. The van der Waals surface area contributed by atoms with E-state index in [1.54, 1.807) is 6.92 Å². The van der Waals surface area contributed by atoms with Crippen LogP contribution in [0.2, 0.25) is 4.34 Å². The predicted molar refractivity (Wildman–Crippen MR) is 76.9 cm³/mol. The van der Waals surface area contributed by atoms with Crippen LogP contribution >= 0.6 is 22.9 Å². The summed E-state index contributed by atoms with van der Waals surface area (Å²) in [5, 5.41) is 9.86. The Balaban J connectivity index is 1.92. The van der Waals surface area contributed by atoms with E-state index in [1.807, 2.05) is 19.1 Å². The third kappa shape index (κ3) is 3.78. The first kappa shape index (κ1) is 15.0. The van der Waals surface area contributed by atoms with Crippen LogP contribution < -0.4 is 5.32 Å². The summed E-state index contributed by atoms with van der Waals surface area (Å²) in [6.07, 6.45) is 0. The van der Waals surface area contributed by atoms with Crippen molar-refractivity contribution in [2.45, 2.75) is 26.4 Å². The van der Waals surface area contributed by atoms with E-state index >= 15 is 0 Å². The zero-order chi connectivity index (χ0) is 14.5. The van der Waals surface area contributed by atoms with Crippen molar-refractivity contribution < 1.29 is 9.53 Å². The van der Waals surface area contributed by atoms with Crippen molar-refractivity contribution >= 4 is 28.9 Å². The number of aromatic nitrogens is 3. The Kier molecular flexibility index (Phi) is 5.11. The van der Waals surface area contributed by atoms with Crippen LogP contribution in [-0.4, -0.2) is 27.8 Å². The van der Waals surface area contributed by atoms with Crippen LogP contribution in [0.4, 0.5) is 0 Å². The molecule has 2 aromatic heterocycles. The van der Waals surface area contributed by atoms with E-state index in [0.717, 1.165) is 9.21 Å². The predicted octanol–water partition coefficient (Wildman–Crippen LogP) is 2.55. The lowest BCUT2D eigenvalue weighted by Crippen LogP contribution is -2.18. The molecule has 2 N–H and O–H groups in total. The fourth-order valence-corrected chi connectivity index (χ4v) is 2.59. The van der Waals surface area contributed by atoms with Gasteiger partial charge in [0.05, 0.1) is 17.0 Å². The highest BCUT2D eigenvalue weighted by Gasteiger charge is 2.16. The molecule has 0 fully saturated rings. The second-order valence-electron chi connectivity index (χ2n) is 4.07. The minimum absolute atomic E-state index is 0.0506. The molecule has 0 aliphatic carbocycles. The number of nitrogens with one attached hydrogen (secondary N) is 2. The lowest BCUT2D eigenvalue weighted by atomic mass is 10.3. The second kappa shape index (κ2) is 6.83. The number of nitrogens with zero attached hydrogens (tertiary/aromatic N) is 2. The van der Waals surface area contributed by atoms with Gasteiger partial charge in [0.2, 0.25) is 0 Å². The number of rotatable bonds is 6. The van der Waals surface area contributed by atoms with Crippen molar-refractivity contribution in [3.63, 3.8) is 0 Å². The van der Waals surface area contributed by atoms with E-state index in [4.69, 9.17) is 16.3 Å². The quantitative estimate of drug-likeness (QED) is 0.801. The molecule has 1 atom stereocenters. The second-order valence-corrected chi connectivity index (χ2v) is 5.87. The first-order valence-electron chi connectivity index (χ1n) is 6.17. The fourth-order valence-electron chi connectivity index (χ4n) is 1.55. The van der Waals surface area contributed by atoms with Crippen LogP contribution in [0.15, 0.2) is 12.1 Å². The Bertz CT molecular complexity index is 584. The zero-order valence-corrected chi connectivity index (χ0v) is 12.7. The Morgan fingerprint density at radius 3 is 3.05 bits per heavy atom. The molecular formula is C12H15ClN4O2S. The number of esters is 1. The van der Waals surface area contributed by atoms with Crippen molar-refractivity contribution in [3.8, 4) is 0 Å². The first-order valence-corrected chi connectivity index (χ1v) is 7.36. The summed E-state index contributed by atoms with van der Waals surface area (Å²) in [6.45, 7) is 4.65. The van der Waals surface area contributed by atoms with Crippen LogP contribution in [0.3, 0.4) is 0 Å². The van der Waals surface area contributed by atoms with Gasteiger partial charge in [0.1, 0.15) is 5.82 Å². The average Bonchev–Trinajstić information content (AvgIpc) is 3.05. The Morgan fingerprint density at radius 1 is 1.60 bits per heavy atom. The SMILES string of the molecule is CCOC(=O)c1n[nH]c(C(C)NCc2ccc(Cl)s2)n1. The molecule has 0 aromatic carbocycles. The normalized spacial score (nSPS) is 12.3. The summed E-state index contributed by atoms with van der Waals surface area (Å²) in [6, 6.07) is 3.77. The van der Waals surface area contributed by atoms with Crippen molar-refractivity contribution in [2.24, 2.45) is 0 Å². The van der Waals surface area contributed by atoms with Crippen LogP contribution in [0.25, 0.3) is 0 Å². The number of carbonyl (C=O) groups is 1. The topological polar surface area (TPSA) is 79.9 Å². The minimum atomic E-state index is -0.521. The van der Waals surface area contributed by atoms with Crippen molar-refractivity contribution in [1.29, 1.82) is 0 Å². The molecule has 20 heavy (non-hydrogen) atoms. The molecule has 108 valence electrons. The van der Waals surface area contributed by atoms with Crippen molar-refractivity contribution in [3.05, 3.63) is 33.0 Å². The number of hydrogen-bond donors (Lipinski definition) is 2. The largest absolute Gasteiger partial charge is 0.460 e.